The van der Waals surface area contributed by atoms with Gasteiger partial charge in [-0.15, -0.1) is 0 Å². The SMILES string of the molecule is c1ccc(CN(CCN=C2NC3CC4CC(C3)CC2C4)c2ccccc2)cc1. The van der Waals surface area contributed by atoms with Crippen molar-refractivity contribution in [2.45, 2.75) is 44.7 Å². The van der Waals surface area contributed by atoms with E-state index in [1.807, 2.05) is 0 Å². The number of aliphatic imine (C=N–C) groups is 1. The van der Waals surface area contributed by atoms with E-state index in [1.165, 1.54) is 49.2 Å². The molecule has 2 heterocycles. The van der Waals surface area contributed by atoms with Crippen LogP contribution < -0.4 is 10.2 Å². The first-order valence-electron chi connectivity index (χ1n) is 11.0. The predicted molar refractivity (Wildman–Crippen MR) is 117 cm³/mol. The van der Waals surface area contributed by atoms with Gasteiger partial charge in [-0.05, 0) is 61.6 Å². The molecule has 2 atom stereocenters. The van der Waals surface area contributed by atoms with Crippen molar-refractivity contribution >= 4 is 11.5 Å². The number of amidine groups is 1. The fourth-order valence-corrected chi connectivity index (χ4v) is 5.73. The molecule has 146 valence electrons. The lowest BCUT2D eigenvalue weighted by Gasteiger charge is -2.37. The summed E-state index contributed by atoms with van der Waals surface area (Å²) in [6.07, 6.45) is 6.95. The molecule has 2 aromatic rings. The van der Waals surface area contributed by atoms with Gasteiger partial charge in [0, 0.05) is 30.7 Å². The summed E-state index contributed by atoms with van der Waals surface area (Å²) in [5, 5.41) is 3.83. The Balaban J connectivity index is 1.29. The third kappa shape index (κ3) is 3.94. The van der Waals surface area contributed by atoms with E-state index in [0.717, 1.165) is 31.5 Å². The zero-order valence-corrected chi connectivity index (χ0v) is 16.6. The number of hydrogen-bond donors (Lipinski definition) is 1. The van der Waals surface area contributed by atoms with Gasteiger partial charge >= 0.3 is 0 Å². The summed E-state index contributed by atoms with van der Waals surface area (Å²) in [5.74, 6) is 3.90. The summed E-state index contributed by atoms with van der Waals surface area (Å²) < 4.78 is 0. The van der Waals surface area contributed by atoms with Crippen LogP contribution in [0.3, 0.4) is 0 Å². The minimum Gasteiger partial charge on any atom is -0.371 e. The molecule has 4 bridgehead atoms. The summed E-state index contributed by atoms with van der Waals surface area (Å²) in [6, 6.07) is 22.2. The lowest BCUT2D eigenvalue weighted by molar-refractivity contribution is 0.162. The Hall–Kier alpha value is -2.29. The summed E-state index contributed by atoms with van der Waals surface area (Å²) in [5.41, 5.74) is 2.63. The molecule has 2 aliphatic carbocycles. The predicted octanol–water partition coefficient (Wildman–Crippen LogP) is 4.89. The van der Waals surface area contributed by atoms with E-state index < -0.39 is 0 Å². The van der Waals surface area contributed by atoms with E-state index in [9.17, 15) is 0 Å². The maximum Gasteiger partial charge on any atom is 0.0997 e. The van der Waals surface area contributed by atoms with Crippen molar-refractivity contribution in [2.75, 3.05) is 18.0 Å². The molecule has 2 aliphatic heterocycles. The summed E-state index contributed by atoms with van der Waals surface area (Å²) >= 11 is 0. The average molecular weight is 374 g/mol. The van der Waals surface area contributed by atoms with Gasteiger partial charge in [0.25, 0.3) is 0 Å². The first kappa shape index (κ1) is 17.8. The fraction of sp³-hybridized carbons (Fsp3) is 0.480. The van der Waals surface area contributed by atoms with Crippen molar-refractivity contribution in [3.63, 3.8) is 0 Å². The van der Waals surface area contributed by atoms with Gasteiger partial charge in [0.2, 0.25) is 0 Å². The van der Waals surface area contributed by atoms with E-state index in [1.54, 1.807) is 0 Å². The zero-order chi connectivity index (χ0) is 18.8. The van der Waals surface area contributed by atoms with E-state index in [4.69, 9.17) is 4.99 Å². The quantitative estimate of drug-likeness (QED) is 0.781. The van der Waals surface area contributed by atoms with Crippen molar-refractivity contribution in [2.24, 2.45) is 22.7 Å². The molecule has 0 spiro atoms. The number of fused-ring (bicyclic) bond motifs is 1. The molecule has 0 radical (unpaired) electrons. The highest BCUT2D eigenvalue weighted by molar-refractivity contribution is 5.85. The Labute approximate surface area is 168 Å². The number of nitrogens with one attached hydrogen (secondary N) is 1. The molecule has 4 fully saturated rings. The molecule has 6 rings (SSSR count). The summed E-state index contributed by atoms with van der Waals surface area (Å²) in [4.78, 5) is 7.57. The minimum absolute atomic E-state index is 0.685. The van der Waals surface area contributed by atoms with Crippen LogP contribution in [0.4, 0.5) is 5.69 Å². The Morgan fingerprint density at radius 3 is 2.21 bits per heavy atom. The summed E-state index contributed by atoms with van der Waals surface area (Å²) in [7, 11) is 0. The zero-order valence-electron chi connectivity index (χ0n) is 16.6. The molecular weight excluding hydrogens is 342 g/mol. The highest BCUT2D eigenvalue weighted by Crippen LogP contribution is 2.45. The average Bonchev–Trinajstić information content (AvgIpc) is 2.91. The first-order valence-corrected chi connectivity index (χ1v) is 11.0. The van der Waals surface area contributed by atoms with Crippen LogP contribution in [-0.4, -0.2) is 25.0 Å². The van der Waals surface area contributed by atoms with E-state index in [2.05, 4.69) is 70.9 Å². The minimum atomic E-state index is 0.685. The van der Waals surface area contributed by atoms with Gasteiger partial charge in [-0.1, -0.05) is 48.5 Å². The maximum atomic E-state index is 5.11. The molecule has 4 aliphatic rings. The topological polar surface area (TPSA) is 27.6 Å². The second kappa shape index (κ2) is 7.98. The highest BCUT2D eigenvalue weighted by Gasteiger charge is 2.41. The van der Waals surface area contributed by atoms with Gasteiger partial charge in [0.1, 0.15) is 0 Å². The highest BCUT2D eigenvalue weighted by atomic mass is 15.1. The lowest BCUT2D eigenvalue weighted by atomic mass is 9.68. The largest absolute Gasteiger partial charge is 0.371 e. The van der Waals surface area contributed by atoms with E-state index in [0.29, 0.717) is 12.0 Å². The molecule has 0 amide bonds. The van der Waals surface area contributed by atoms with E-state index in [-0.39, 0.29) is 0 Å². The van der Waals surface area contributed by atoms with Gasteiger partial charge < -0.3 is 10.2 Å². The molecule has 2 saturated carbocycles. The molecule has 28 heavy (non-hydrogen) atoms. The fourth-order valence-electron chi connectivity index (χ4n) is 5.73. The van der Waals surface area contributed by atoms with Crippen molar-refractivity contribution < 1.29 is 0 Å². The smallest absolute Gasteiger partial charge is 0.0997 e. The molecule has 2 unspecified atom stereocenters. The van der Waals surface area contributed by atoms with Crippen LogP contribution in [0.2, 0.25) is 0 Å². The molecule has 2 saturated heterocycles. The Kier molecular flexibility index (Phi) is 5.07. The molecule has 2 aromatic carbocycles. The van der Waals surface area contributed by atoms with Crippen LogP contribution in [0.15, 0.2) is 65.7 Å². The third-order valence-corrected chi connectivity index (χ3v) is 6.87. The van der Waals surface area contributed by atoms with Gasteiger partial charge in [-0.3, -0.25) is 4.99 Å². The number of para-hydroxylation sites is 1. The monoisotopic (exact) mass is 373 g/mol. The molecular formula is C25H31N3. The van der Waals surface area contributed by atoms with Gasteiger partial charge in [0.05, 0.1) is 12.4 Å². The van der Waals surface area contributed by atoms with Crippen molar-refractivity contribution in [1.82, 2.24) is 5.32 Å². The third-order valence-electron chi connectivity index (χ3n) is 6.87. The van der Waals surface area contributed by atoms with Crippen LogP contribution in [0.5, 0.6) is 0 Å². The first-order chi connectivity index (χ1) is 13.8. The van der Waals surface area contributed by atoms with Crippen molar-refractivity contribution in [1.29, 1.82) is 0 Å². The normalized spacial score (nSPS) is 29.5. The van der Waals surface area contributed by atoms with E-state index >= 15 is 0 Å². The van der Waals surface area contributed by atoms with Crippen LogP contribution in [0, 0.1) is 17.8 Å². The molecule has 3 nitrogen and oxygen atoms in total. The Morgan fingerprint density at radius 1 is 0.821 bits per heavy atom. The van der Waals surface area contributed by atoms with Crippen LogP contribution >= 0.6 is 0 Å². The van der Waals surface area contributed by atoms with Crippen LogP contribution in [-0.2, 0) is 6.54 Å². The Morgan fingerprint density at radius 2 is 1.50 bits per heavy atom. The molecule has 1 N–H and O–H groups in total. The van der Waals surface area contributed by atoms with Crippen molar-refractivity contribution in [3.05, 3.63) is 66.2 Å². The Bertz CT molecular complexity index is 787. The maximum absolute atomic E-state index is 5.11. The van der Waals surface area contributed by atoms with Crippen molar-refractivity contribution in [3.8, 4) is 0 Å². The number of hydrogen-bond acceptors (Lipinski definition) is 2. The number of benzene rings is 2. The lowest BCUT2D eigenvalue weighted by Crippen LogP contribution is -2.36. The van der Waals surface area contributed by atoms with Crippen LogP contribution in [0.1, 0.15) is 37.7 Å². The second-order valence-electron chi connectivity index (χ2n) is 8.96. The standard InChI is InChI=1S/C25H31N3/c1-3-7-19(8-4-1)18-28(24-9-5-2-6-10-24)12-11-26-25-22-14-20-13-21(15-22)17-23(16-20)27-25/h1-10,20-23H,11-18H2,(H,26,27). The van der Waals surface area contributed by atoms with Gasteiger partial charge in [-0.25, -0.2) is 0 Å². The molecule has 3 heteroatoms. The second-order valence-corrected chi connectivity index (χ2v) is 8.96. The number of nitrogens with zero attached hydrogens (tertiary/aromatic N) is 2. The van der Waals surface area contributed by atoms with Gasteiger partial charge in [-0.2, -0.15) is 0 Å². The number of rotatable bonds is 6. The summed E-state index contributed by atoms with van der Waals surface area (Å²) in [6.45, 7) is 2.75. The van der Waals surface area contributed by atoms with Gasteiger partial charge in [0.15, 0.2) is 0 Å². The van der Waals surface area contributed by atoms with Crippen LogP contribution in [0.25, 0.3) is 0 Å². The number of anilines is 1. The molecule has 0 aromatic heterocycles.